The van der Waals surface area contributed by atoms with E-state index in [1.807, 2.05) is 0 Å². The van der Waals surface area contributed by atoms with Crippen molar-refractivity contribution in [3.63, 3.8) is 0 Å². The summed E-state index contributed by atoms with van der Waals surface area (Å²) >= 11 is 0. The van der Waals surface area contributed by atoms with Gasteiger partial charge < -0.3 is 0 Å². The normalized spacial score (nSPS) is 12.4. The highest BCUT2D eigenvalue weighted by Crippen LogP contribution is 2.52. The minimum atomic E-state index is -0.186. The molecule has 0 N–H and O–H groups in total. The van der Waals surface area contributed by atoms with Gasteiger partial charge in [0.25, 0.3) is 0 Å². The summed E-state index contributed by atoms with van der Waals surface area (Å²) < 4.78 is 0. The average molecular weight is 1090 g/mol. The van der Waals surface area contributed by atoms with Gasteiger partial charge in [-0.15, -0.1) is 0 Å². The van der Waals surface area contributed by atoms with Crippen LogP contribution in [0.4, 0.5) is 0 Å². The van der Waals surface area contributed by atoms with Crippen molar-refractivity contribution in [1.82, 2.24) is 0 Å². The van der Waals surface area contributed by atoms with Gasteiger partial charge in [0.05, 0.1) is 0 Å². The zero-order chi connectivity index (χ0) is 58.7. The summed E-state index contributed by atoms with van der Waals surface area (Å²) in [6.45, 7) is 26.4. The predicted molar refractivity (Wildman–Crippen MR) is 361 cm³/mol. The molecule has 84 heavy (non-hydrogen) atoms. The summed E-state index contributed by atoms with van der Waals surface area (Å²) in [6.07, 6.45) is 0. The quantitative estimate of drug-likeness (QED) is 0.122. The predicted octanol–water partition coefficient (Wildman–Crippen LogP) is 21.7. The molecule has 0 aliphatic carbocycles. The van der Waals surface area contributed by atoms with E-state index in [2.05, 4.69) is 265 Å². The Morgan fingerprint density at radius 2 is 0.310 bits per heavy atom. The first-order chi connectivity index (χ1) is 40.4. The van der Waals surface area contributed by atoms with Crippen LogP contribution in [0, 0.1) is 0 Å². The molecule has 0 atom stereocenters. The van der Waals surface area contributed by atoms with Crippen LogP contribution in [0.1, 0.15) is 152 Å². The zero-order valence-corrected chi connectivity index (χ0v) is 50.5. The Bertz CT molecular complexity index is 4340. The van der Waals surface area contributed by atoms with E-state index in [9.17, 15) is 0 Å². The van der Waals surface area contributed by atoms with Gasteiger partial charge >= 0.3 is 0 Å². The molecule has 0 amide bonds. The monoisotopic (exact) mass is 1090 g/mol. The Morgan fingerprint density at radius 1 is 0.167 bits per heavy atom. The van der Waals surface area contributed by atoms with Crippen molar-refractivity contribution in [2.45, 2.75) is 119 Å². The minimum Gasteiger partial charge on any atom is -0.289 e. The van der Waals surface area contributed by atoms with Crippen LogP contribution in [-0.4, -0.2) is 0 Å². The van der Waals surface area contributed by atoms with Gasteiger partial charge in [-0.25, -0.2) is 0 Å². The number of rotatable bonds is 12. The van der Waals surface area contributed by atoms with Crippen molar-refractivity contribution in [2.75, 3.05) is 0 Å². The Hall–Kier alpha value is -8.79. The maximum Gasteiger partial charge on any atom is 0.195 e. The first kappa shape index (κ1) is 54.5. The van der Waals surface area contributed by atoms with Crippen LogP contribution in [0.2, 0.25) is 0 Å². The molecular weight excluding hydrogens is 1020 g/mol. The lowest BCUT2D eigenvalue weighted by molar-refractivity contribution is 0.867. The molecule has 0 radical (unpaired) electrons. The molecule has 13 rings (SSSR count). The van der Waals surface area contributed by atoms with Crippen LogP contribution in [0.3, 0.4) is 0 Å². The number of fused-ring (bicyclic) bond motifs is 12. The number of benzene rings is 10. The fourth-order valence-corrected chi connectivity index (χ4v) is 13.6. The average Bonchev–Trinajstić information content (AvgIpc) is 1.53. The van der Waals surface area contributed by atoms with Crippen LogP contribution < -0.4 is 16.3 Å². The van der Waals surface area contributed by atoms with E-state index in [1.54, 1.807) is 0 Å². The SMILES string of the molecule is CC(C)c1ccc(-c2ccc(-c3ccc(C(C)C)cc3)c3c2c(=O)c2c3c3c(=O)c4c(-c5ccc(C(C)C)cc5)ccc(-c5ccc(C(C)C)cc5)c4c3c3c(=O)c4c(-c5ccc(C(C)C)cc5)ccc(-c5ccc(C(C)C)cc5)c4c23)cc1. The van der Waals surface area contributed by atoms with Gasteiger partial charge in [0, 0.05) is 64.6 Å². The molecule has 0 aliphatic heterocycles. The van der Waals surface area contributed by atoms with E-state index in [0.29, 0.717) is 84.0 Å². The highest BCUT2D eigenvalue weighted by atomic mass is 16.1. The van der Waals surface area contributed by atoms with Crippen molar-refractivity contribution >= 4 is 64.6 Å². The minimum absolute atomic E-state index is 0.186. The van der Waals surface area contributed by atoms with E-state index < -0.39 is 0 Å². The Kier molecular flexibility index (Phi) is 13.5. The van der Waals surface area contributed by atoms with E-state index in [4.69, 9.17) is 0 Å². The number of hydrogen-bond donors (Lipinski definition) is 0. The van der Waals surface area contributed by atoms with Crippen LogP contribution in [0.5, 0.6) is 0 Å². The van der Waals surface area contributed by atoms with Crippen molar-refractivity contribution in [1.29, 1.82) is 0 Å². The molecule has 0 fully saturated rings. The van der Waals surface area contributed by atoms with Crippen LogP contribution in [-0.2, 0) is 0 Å². The lowest BCUT2D eigenvalue weighted by Gasteiger charge is -2.13. The maximum absolute atomic E-state index is 17.0. The molecule has 0 saturated heterocycles. The van der Waals surface area contributed by atoms with Gasteiger partial charge in [-0.3, -0.25) is 14.4 Å². The molecule has 0 aromatic heterocycles. The second kappa shape index (κ2) is 20.8. The highest BCUT2D eigenvalue weighted by molar-refractivity contribution is 6.47. The summed E-state index contributed by atoms with van der Waals surface area (Å²) in [5, 5.41) is 6.87. The van der Waals surface area contributed by atoms with Gasteiger partial charge in [-0.2, -0.15) is 0 Å². The fraction of sp³-hybridized carbons (Fsp3) is 0.222. The van der Waals surface area contributed by atoms with E-state index in [1.165, 1.54) is 33.4 Å². The summed E-state index contributed by atoms with van der Waals surface area (Å²) in [5.41, 5.74) is 17.2. The van der Waals surface area contributed by atoms with Crippen molar-refractivity contribution < 1.29 is 0 Å². The lowest BCUT2D eigenvalue weighted by atomic mass is 9.89. The van der Waals surface area contributed by atoms with Crippen LogP contribution in [0.15, 0.2) is 196 Å². The molecule has 13 aromatic carbocycles. The Morgan fingerprint density at radius 3 is 0.452 bits per heavy atom. The Balaban J connectivity index is 1.33. The molecule has 0 saturated carbocycles. The molecule has 0 heterocycles. The molecule has 0 bridgehead atoms. The van der Waals surface area contributed by atoms with Gasteiger partial charge in [0.15, 0.2) is 16.3 Å². The summed E-state index contributed by atoms with van der Waals surface area (Å²) in [7, 11) is 0. The highest BCUT2D eigenvalue weighted by Gasteiger charge is 2.33. The van der Waals surface area contributed by atoms with Crippen LogP contribution >= 0.6 is 0 Å². The van der Waals surface area contributed by atoms with Crippen molar-refractivity contribution in [3.8, 4) is 66.8 Å². The van der Waals surface area contributed by atoms with Gasteiger partial charge in [-0.1, -0.05) is 265 Å². The second-order valence-electron chi connectivity index (χ2n) is 25.6. The maximum atomic E-state index is 17.0. The fourth-order valence-electron chi connectivity index (χ4n) is 13.6. The van der Waals surface area contributed by atoms with E-state index in [-0.39, 0.29) is 16.3 Å². The van der Waals surface area contributed by atoms with Gasteiger partial charge in [-0.05, 0) is 136 Å². The molecule has 13 aromatic rings. The van der Waals surface area contributed by atoms with E-state index in [0.717, 1.165) is 82.9 Å². The molecule has 0 unspecified atom stereocenters. The molecular formula is C81H72O3. The molecule has 3 nitrogen and oxygen atoms in total. The van der Waals surface area contributed by atoms with Crippen molar-refractivity contribution in [3.05, 3.63) is 246 Å². The molecule has 0 spiro atoms. The lowest BCUT2D eigenvalue weighted by Crippen LogP contribution is -2.01. The largest absolute Gasteiger partial charge is 0.289 e. The summed E-state index contributed by atoms with van der Waals surface area (Å²) in [4.78, 5) is 51.0. The molecule has 0 aliphatic rings. The van der Waals surface area contributed by atoms with Gasteiger partial charge in [0.1, 0.15) is 0 Å². The summed E-state index contributed by atoms with van der Waals surface area (Å²) in [5.74, 6) is 1.86. The smallest absolute Gasteiger partial charge is 0.195 e. The van der Waals surface area contributed by atoms with Gasteiger partial charge in [0.2, 0.25) is 0 Å². The third kappa shape index (κ3) is 8.64. The van der Waals surface area contributed by atoms with Crippen molar-refractivity contribution in [2.24, 2.45) is 0 Å². The third-order valence-electron chi connectivity index (χ3n) is 18.6. The Labute approximate surface area is 493 Å². The second-order valence-corrected chi connectivity index (χ2v) is 25.6. The first-order valence-corrected chi connectivity index (χ1v) is 30.4. The first-order valence-electron chi connectivity index (χ1n) is 30.4. The standard InChI is InChI=1S/C81H72O3/c1-43(2)49-13-25-55(26-14-49)61-37-40-64(58-31-19-52(20-32-58)46(7)8)70-67(61)73-76(79(70)82)74-69-63(57-29-17-51(18-30-57)45(5)6)39-42-66(60-35-23-54(24-36-60)48(11)12)72(69)81(84)78(74)75-68-62(56-27-15-50(16-28-56)44(3)4)38-41-65(71(68)80(83)77(73)75)59-33-21-53(22-34-59)47(9)10/h13-48H,1-12H3. The van der Waals surface area contributed by atoms with Crippen LogP contribution in [0.25, 0.3) is 131 Å². The van der Waals surface area contributed by atoms with E-state index >= 15 is 14.4 Å². The summed E-state index contributed by atoms with van der Waals surface area (Å²) in [6, 6.07) is 64.7. The topological polar surface area (TPSA) is 51.2 Å². The molecule has 3 heteroatoms. The number of hydrogen-bond acceptors (Lipinski definition) is 3. The third-order valence-corrected chi connectivity index (χ3v) is 18.6. The zero-order valence-electron chi connectivity index (χ0n) is 50.5. The molecule has 414 valence electrons.